The highest BCUT2D eigenvalue weighted by molar-refractivity contribution is 14.0. The quantitative estimate of drug-likeness (QED) is 0.383. The Bertz CT molecular complexity index is 688. The fraction of sp³-hybridized carbons (Fsp3) is 0.400. The van der Waals surface area contributed by atoms with Crippen molar-refractivity contribution in [3.63, 3.8) is 0 Å². The molecule has 0 aliphatic carbocycles. The van der Waals surface area contributed by atoms with E-state index in [9.17, 15) is 0 Å². The van der Waals surface area contributed by atoms with Crippen molar-refractivity contribution in [3.05, 3.63) is 59.4 Å². The number of pyridine rings is 1. The highest BCUT2D eigenvalue weighted by atomic mass is 127. The number of aliphatic imine (C=N–C) groups is 1. The van der Waals surface area contributed by atoms with E-state index in [0.717, 1.165) is 49.0 Å². The van der Waals surface area contributed by atoms with Gasteiger partial charge in [-0.25, -0.2) is 0 Å². The minimum Gasteiger partial charge on any atom is -0.496 e. The summed E-state index contributed by atoms with van der Waals surface area (Å²) in [7, 11) is 3.75. The monoisotopic (exact) mass is 468 g/mol. The van der Waals surface area contributed by atoms with Crippen LogP contribution in [0.25, 0.3) is 0 Å². The van der Waals surface area contributed by atoms with E-state index in [1.807, 2.05) is 44.4 Å². The molecule has 1 aromatic heterocycles. The molecule has 0 saturated carbocycles. The molecular weight excluding hydrogens is 439 g/mol. The fourth-order valence-corrected chi connectivity index (χ4v) is 2.57. The Balaban J connectivity index is 0.00000338. The zero-order valence-electron chi connectivity index (χ0n) is 16.0. The Morgan fingerprint density at radius 1 is 1.23 bits per heavy atom. The van der Waals surface area contributed by atoms with E-state index in [4.69, 9.17) is 9.73 Å². The van der Waals surface area contributed by atoms with Gasteiger partial charge in [-0.1, -0.05) is 24.3 Å². The van der Waals surface area contributed by atoms with Crippen LogP contribution in [0.5, 0.6) is 5.75 Å². The molecule has 0 fully saturated rings. The number of hydrogen-bond donors (Lipinski definition) is 1. The number of rotatable bonds is 7. The van der Waals surface area contributed by atoms with Gasteiger partial charge in [0.15, 0.2) is 5.96 Å². The van der Waals surface area contributed by atoms with Crippen LogP contribution in [0.4, 0.5) is 0 Å². The van der Waals surface area contributed by atoms with Gasteiger partial charge in [0, 0.05) is 44.1 Å². The summed E-state index contributed by atoms with van der Waals surface area (Å²) < 4.78 is 5.44. The molecule has 1 heterocycles. The standard InChI is InChI=1S/C20H28N4O.HI/c1-5-21-20(22-13-12-17-11-10-16(2)23-14-17)24(3)15-18-8-6-7-9-19(18)25-4;/h6-11,14H,5,12-13,15H2,1-4H3,(H,21,22);1H. The second-order valence-corrected chi connectivity index (χ2v) is 5.96. The van der Waals surface area contributed by atoms with E-state index in [2.05, 4.69) is 34.3 Å². The third-order valence-corrected chi connectivity index (χ3v) is 3.93. The summed E-state index contributed by atoms with van der Waals surface area (Å²) in [5.41, 5.74) is 3.38. The number of ether oxygens (including phenoxy) is 1. The molecule has 0 atom stereocenters. The molecule has 0 spiro atoms. The van der Waals surface area contributed by atoms with Gasteiger partial charge in [0.1, 0.15) is 5.75 Å². The van der Waals surface area contributed by atoms with Gasteiger partial charge >= 0.3 is 0 Å². The van der Waals surface area contributed by atoms with E-state index < -0.39 is 0 Å². The van der Waals surface area contributed by atoms with Crippen LogP contribution in [-0.2, 0) is 13.0 Å². The minimum atomic E-state index is 0. The van der Waals surface area contributed by atoms with Crippen molar-refractivity contribution in [2.24, 2.45) is 4.99 Å². The average molecular weight is 468 g/mol. The van der Waals surface area contributed by atoms with Gasteiger partial charge in [0.2, 0.25) is 0 Å². The maximum Gasteiger partial charge on any atom is 0.193 e. The van der Waals surface area contributed by atoms with E-state index in [1.54, 1.807) is 7.11 Å². The second kappa shape index (κ2) is 11.7. The Hall–Kier alpha value is -1.83. The summed E-state index contributed by atoms with van der Waals surface area (Å²) in [4.78, 5) is 11.2. The van der Waals surface area contributed by atoms with Gasteiger partial charge < -0.3 is 15.0 Å². The van der Waals surface area contributed by atoms with E-state index in [-0.39, 0.29) is 24.0 Å². The van der Waals surface area contributed by atoms with Gasteiger partial charge in [-0.15, -0.1) is 24.0 Å². The summed E-state index contributed by atoms with van der Waals surface area (Å²) in [6.07, 6.45) is 2.81. The minimum absolute atomic E-state index is 0. The van der Waals surface area contributed by atoms with Gasteiger partial charge in [-0.2, -0.15) is 0 Å². The molecule has 0 aliphatic heterocycles. The lowest BCUT2D eigenvalue weighted by Crippen LogP contribution is -2.38. The van der Waals surface area contributed by atoms with E-state index >= 15 is 0 Å². The zero-order valence-corrected chi connectivity index (χ0v) is 18.4. The molecule has 0 amide bonds. The first-order chi connectivity index (χ1) is 12.1. The molecular formula is C20H29IN4O. The largest absolute Gasteiger partial charge is 0.496 e. The maximum atomic E-state index is 5.44. The average Bonchev–Trinajstić information content (AvgIpc) is 2.63. The summed E-state index contributed by atoms with van der Waals surface area (Å²) in [6, 6.07) is 12.2. The normalized spacial score (nSPS) is 10.8. The predicted molar refractivity (Wildman–Crippen MR) is 119 cm³/mol. The van der Waals surface area contributed by atoms with Crippen molar-refractivity contribution < 1.29 is 4.74 Å². The van der Waals surface area contributed by atoms with Crippen LogP contribution >= 0.6 is 24.0 Å². The van der Waals surface area contributed by atoms with Crippen molar-refractivity contribution in [3.8, 4) is 5.75 Å². The molecule has 2 rings (SSSR count). The number of para-hydroxylation sites is 1. The molecule has 142 valence electrons. The third kappa shape index (κ3) is 6.82. The number of aryl methyl sites for hydroxylation is 1. The van der Waals surface area contributed by atoms with Crippen molar-refractivity contribution in [2.75, 3.05) is 27.2 Å². The number of halogens is 1. The second-order valence-electron chi connectivity index (χ2n) is 5.96. The Morgan fingerprint density at radius 2 is 2.00 bits per heavy atom. The molecule has 2 aromatic rings. The number of hydrogen-bond acceptors (Lipinski definition) is 3. The van der Waals surface area contributed by atoms with Gasteiger partial charge in [-0.05, 0) is 38.0 Å². The van der Waals surface area contributed by atoms with E-state index in [0.29, 0.717) is 0 Å². The molecule has 0 bridgehead atoms. The van der Waals surface area contributed by atoms with Crippen LogP contribution in [0, 0.1) is 6.92 Å². The van der Waals surface area contributed by atoms with Crippen molar-refractivity contribution >= 4 is 29.9 Å². The summed E-state index contributed by atoms with van der Waals surface area (Å²) >= 11 is 0. The highest BCUT2D eigenvalue weighted by Crippen LogP contribution is 2.18. The summed E-state index contributed by atoms with van der Waals surface area (Å²) in [5, 5.41) is 3.35. The third-order valence-electron chi connectivity index (χ3n) is 3.93. The number of nitrogens with zero attached hydrogens (tertiary/aromatic N) is 3. The Kier molecular flexibility index (Phi) is 10.0. The predicted octanol–water partition coefficient (Wildman–Crippen LogP) is 3.66. The van der Waals surface area contributed by atoms with Gasteiger partial charge in [0.25, 0.3) is 0 Å². The first-order valence-electron chi connectivity index (χ1n) is 8.67. The molecule has 0 unspecified atom stereocenters. The number of nitrogens with one attached hydrogen (secondary N) is 1. The summed E-state index contributed by atoms with van der Waals surface area (Å²) in [6.45, 7) is 6.38. The van der Waals surface area contributed by atoms with Crippen molar-refractivity contribution in [1.29, 1.82) is 0 Å². The number of methoxy groups -OCH3 is 1. The van der Waals surface area contributed by atoms with E-state index in [1.165, 1.54) is 5.56 Å². The zero-order chi connectivity index (χ0) is 18.1. The number of aromatic nitrogens is 1. The topological polar surface area (TPSA) is 49.8 Å². The molecule has 26 heavy (non-hydrogen) atoms. The first kappa shape index (κ1) is 22.2. The fourth-order valence-electron chi connectivity index (χ4n) is 2.57. The van der Waals surface area contributed by atoms with Crippen LogP contribution in [0.2, 0.25) is 0 Å². The summed E-state index contributed by atoms with van der Waals surface area (Å²) in [5.74, 6) is 1.80. The molecule has 0 saturated heterocycles. The maximum absolute atomic E-state index is 5.44. The van der Waals surface area contributed by atoms with Crippen LogP contribution in [-0.4, -0.2) is 43.1 Å². The van der Waals surface area contributed by atoms with Crippen LogP contribution in [0.1, 0.15) is 23.7 Å². The van der Waals surface area contributed by atoms with Gasteiger partial charge in [-0.3, -0.25) is 9.98 Å². The molecule has 5 nitrogen and oxygen atoms in total. The van der Waals surface area contributed by atoms with Crippen LogP contribution < -0.4 is 10.1 Å². The van der Waals surface area contributed by atoms with Crippen LogP contribution in [0.3, 0.4) is 0 Å². The first-order valence-corrected chi connectivity index (χ1v) is 8.67. The molecule has 1 aromatic carbocycles. The number of guanidine groups is 1. The lowest BCUT2D eigenvalue weighted by molar-refractivity contribution is 0.396. The highest BCUT2D eigenvalue weighted by Gasteiger charge is 2.09. The smallest absolute Gasteiger partial charge is 0.193 e. The van der Waals surface area contributed by atoms with Crippen molar-refractivity contribution in [1.82, 2.24) is 15.2 Å². The lowest BCUT2D eigenvalue weighted by Gasteiger charge is -2.23. The van der Waals surface area contributed by atoms with Crippen molar-refractivity contribution in [2.45, 2.75) is 26.8 Å². The van der Waals surface area contributed by atoms with Crippen LogP contribution in [0.15, 0.2) is 47.6 Å². The molecule has 6 heteroatoms. The molecule has 0 aliphatic rings. The lowest BCUT2D eigenvalue weighted by atomic mass is 10.2. The Morgan fingerprint density at radius 3 is 2.65 bits per heavy atom. The number of benzene rings is 1. The molecule has 1 N–H and O–H groups in total. The molecule has 0 radical (unpaired) electrons. The van der Waals surface area contributed by atoms with Gasteiger partial charge in [0.05, 0.1) is 7.11 Å². The SMILES string of the molecule is CCNC(=NCCc1ccc(C)nc1)N(C)Cc1ccccc1OC.I. The Labute approximate surface area is 173 Å².